The van der Waals surface area contributed by atoms with Crippen LogP contribution in [0.2, 0.25) is 0 Å². The Kier molecular flexibility index (Phi) is 3.25. The lowest BCUT2D eigenvalue weighted by atomic mass is 10.00. The summed E-state index contributed by atoms with van der Waals surface area (Å²) in [6.45, 7) is 0.0533. The molecule has 108 valence electrons. The van der Waals surface area contributed by atoms with Crippen molar-refractivity contribution < 1.29 is 19.8 Å². The molecule has 3 rings (SSSR count). The number of nitrogens with zero attached hydrogens (tertiary/aromatic N) is 2. The molecular formula is C14H18N2O4. The predicted molar refractivity (Wildman–Crippen MR) is 70.3 cm³/mol. The number of aromatic nitrogens is 1. The fourth-order valence-corrected chi connectivity index (χ4v) is 3.53. The zero-order valence-electron chi connectivity index (χ0n) is 11.1. The molecule has 2 bridgehead atoms. The second-order valence-corrected chi connectivity index (χ2v) is 5.64. The first-order valence-corrected chi connectivity index (χ1v) is 6.94. The van der Waals surface area contributed by atoms with Crippen LogP contribution in [-0.2, 0) is 11.3 Å². The van der Waals surface area contributed by atoms with Crippen molar-refractivity contribution >= 4 is 11.9 Å². The zero-order chi connectivity index (χ0) is 14.3. The van der Waals surface area contributed by atoms with E-state index in [1.54, 1.807) is 12.3 Å². The minimum atomic E-state index is -1.03. The summed E-state index contributed by atoms with van der Waals surface area (Å²) in [6.07, 6.45) is 4.45. The minimum absolute atomic E-state index is 0.0527. The van der Waals surface area contributed by atoms with Crippen LogP contribution in [-0.4, -0.2) is 49.7 Å². The molecule has 2 aliphatic rings. The van der Waals surface area contributed by atoms with Gasteiger partial charge in [0.2, 0.25) is 5.91 Å². The number of carbonyl (C=O) groups excluding carboxylic acids is 1. The lowest BCUT2D eigenvalue weighted by molar-refractivity contribution is -0.138. The molecule has 1 aromatic heterocycles. The number of carboxylic acid groups (broad SMARTS) is 1. The monoisotopic (exact) mass is 278 g/mol. The van der Waals surface area contributed by atoms with E-state index in [-0.39, 0.29) is 36.3 Å². The van der Waals surface area contributed by atoms with E-state index in [0.717, 1.165) is 12.8 Å². The lowest BCUT2D eigenvalue weighted by Gasteiger charge is -2.37. The molecule has 2 saturated heterocycles. The highest BCUT2D eigenvalue weighted by Gasteiger charge is 2.42. The van der Waals surface area contributed by atoms with Crippen LogP contribution < -0.4 is 0 Å². The molecule has 20 heavy (non-hydrogen) atoms. The van der Waals surface area contributed by atoms with Crippen molar-refractivity contribution in [1.82, 2.24) is 9.47 Å². The van der Waals surface area contributed by atoms with E-state index < -0.39 is 5.97 Å². The highest BCUT2D eigenvalue weighted by Crippen LogP contribution is 2.35. The lowest BCUT2D eigenvalue weighted by Crippen LogP contribution is -2.49. The molecule has 0 aromatic carbocycles. The predicted octanol–water partition coefficient (Wildman–Crippen LogP) is 0.701. The molecule has 6 heteroatoms. The quantitative estimate of drug-likeness (QED) is 0.852. The van der Waals surface area contributed by atoms with E-state index in [2.05, 4.69) is 0 Å². The maximum absolute atomic E-state index is 12.4. The molecule has 0 radical (unpaired) electrons. The van der Waals surface area contributed by atoms with Crippen molar-refractivity contribution in [2.45, 2.75) is 50.4 Å². The fraction of sp³-hybridized carbons (Fsp3) is 0.571. The first-order chi connectivity index (χ1) is 9.56. The van der Waals surface area contributed by atoms with Crippen molar-refractivity contribution in [3.05, 3.63) is 24.0 Å². The molecule has 0 spiro atoms. The fourth-order valence-electron chi connectivity index (χ4n) is 3.53. The first-order valence-electron chi connectivity index (χ1n) is 6.94. The van der Waals surface area contributed by atoms with Crippen molar-refractivity contribution in [1.29, 1.82) is 0 Å². The van der Waals surface area contributed by atoms with E-state index in [1.807, 2.05) is 4.90 Å². The number of hydrogen-bond donors (Lipinski definition) is 2. The summed E-state index contributed by atoms with van der Waals surface area (Å²) < 4.78 is 1.47. The minimum Gasteiger partial charge on any atom is -0.477 e. The largest absolute Gasteiger partial charge is 0.477 e. The third kappa shape index (κ3) is 2.20. The van der Waals surface area contributed by atoms with E-state index >= 15 is 0 Å². The van der Waals surface area contributed by atoms with E-state index in [0.29, 0.717) is 12.8 Å². The van der Waals surface area contributed by atoms with Gasteiger partial charge in [0.1, 0.15) is 12.2 Å². The van der Waals surface area contributed by atoms with Gasteiger partial charge >= 0.3 is 5.97 Å². The number of rotatable bonds is 3. The van der Waals surface area contributed by atoms with Crippen LogP contribution in [0.3, 0.4) is 0 Å². The van der Waals surface area contributed by atoms with Gasteiger partial charge in [-0.1, -0.05) is 0 Å². The molecule has 3 heterocycles. The SMILES string of the molecule is O=C(O)c1cccn1CC(=O)N1C2CCC1CC(O)C2. The standard InChI is InChI=1S/C14H18N2O4/c17-11-6-9-3-4-10(7-11)16(9)13(18)8-15-5-1-2-12(15)14(19)20/h1-2,5,9-11,17H,3-4,6-8H2,(H,19,20). The van der Waals surface area contributed by atoms with Crippen LogP contribution in [0.15, 0.2) is 18.3 Å². The summed E-state index contributed by atoms with van der Waals surface area (Å²) in [7, 11) is 0. The van der Waals surface area contributed by atoms with Crippen molar-refractivity contribution in [3.63, 3.8) is 0 Å². The Morgan fingerprint density at radius 1 is 1.25 bits per heavy atom. The summed E-state index contributed by atoms with van der Waals surface area (Å²) in [5.41, 5.74) is 0.128. The maximum Gasteiger partial charge on any atom is 0.352 e. The van der Waals surface area contributed by atoms with E-state index in [4.69, 9.17) is 5.11 Å². The maximum atomic E-state index is 12.4. The van der Waals surface area contributed by atoms with Crippen LogP contribution in [0, 0.1) is 0 Å². The molecule has 2 N–H and O–H groups in total. The van der Waals surface area contributed by atoms with Gasteiger partial charge in [-0.15, -0.1) is 0 Å². The molecule has 1 aromatic rings. The smallest absolute Gasteiger partial charge is 0.352 e. The molecule has 6 nitrogen and oxygen atoms in total. The van der Waals surface area contributed by atoms with Crippen LogP contribution in [0.5, 0.6) is 0 Å². The summed E-state index contributed by atoms with van der Waals surface area (Å²) in [5, 5.41) is 18.8. The number of fused-ring (bicyclic) bond motifs is 2. The first kappa shape index (κ1) is 13.2. The summed E-state index contributed by atoms with van der Waals surface area (Å²) in [4.78, 5) is 25.3. The number of aromatic carboxylic acids is 1. The Labute approximate surface area is 116 Å². The average molecular weight is 278 g/mol. The molecule has 0 saturated carbocycles. The van der Waals surface area contributed by atoms with Gasteiger partial charge in [0.25, 0.3) is 0 Å². The van der Waals surface area contributed by atoms with Gasteiger partial charge in [0.15, 0.2) is 0 Å². The molecule has 2 atom stereocenters. The average Bonchev–Trinajstić information content (AvgIpc) is 2.93. The molecular weight excluding hydrogens is 260 g/mol. The summed E-state index contributed by atoms with van der Waals surface area (Å²) in [5.74, 6) is -1.08. The van der Waals surface area contributed by atoms with Crippen molar-refractivity contribution in [3.8, 4) is 0 Å². The van der Waals surface area contributed by atoms with Gasteiger partial charge in [0.05, 0.1) is 6.10 Å². The Hall–Kier alpha value is -1.82. The van der Waals surface area contributed by atoms with Crippen LogP contribution >= 0.6 is 0 Å². The second kappa shape index (κ2) is 4.94. The van der Waals surface area contributed by atoms with Crippen molar-refractivity contribution in [2.75, 3.05) is 0 Å². The number of piperidine rings is 1. The molecule has 2 fully saturated rings. The zero-order valence-corrected chi connectivity index (χ0v) is 11.1. The number of amides is 1. The normalized spacial score (nSPS) is 28.6. The number of hydrogen-bond acceptors (Lipinski definition) is 3. The van der Waals surface area contributed by atoms with Crippen LogP contribution in [0.1, 0.15) is 36.2 Å². The molecule has 0 aliphatic carbocycles. The molecule has 2 aliphatic heterocycles. The van der Waals surface area contributed by atoms with Gasteiger partial charge in [0, 0.05) is 18.3 Å². The van der Waals surface area contributed by atoms with Gasteiger partial charge < -0.3 is 19.7 Å². The third-order valence-electron chi connectivity index (χ3n) is 4.35. The summed E-state index contributed by atoms with van der Waals surface area (Å²) >= 11 is 0. The Morgan fingerprint density at radius 3 is 2.50 bits per heavy atom. The Balaban J connectivity index is 1.74. The molecule has 1 amide bonds. The number of aliphatic hydroxyl groups excluding tert-OH is 1. The highest BCUT2D eigenvalue weighted by atomic mass is 16.4. The molecule has 2 unspecified atom stereocenters. The van der Waals surface area contributed by atoms with Crippen LogP contribution in [0.25, 0.3) is 0 Å². The van der Waals surface area contributed by atoms with Gasteiger partial charge in [-0.2, -0.15) is 0 Å². The Morgan fingerprint density at radius 2 is 1.90 bits per heavy atom. The number of aliphatic hydroxyl groups is 1. The van der Waals surface area contributed by atoms with Gasteiger partial charge in [-0.05, 0) is 37.8 Å². The summed E-state index contributed by atoms with van der Waals surface area (Å²) in [6, 6.07) is 3.34. The van der Waals surface area contributed by atoms with Crippen LogP contribution in [0.4, 0.5) is 0 Å². The Bertz CT molecular complexity index is 525. The van der Waals surface area contributed by atoms with Gasteiger partial charge in [-0.25, -0.2) is 4.79 Å². The highest BCUT2D eigenvalue weighted by molar-refractivity contribution is 5.87. The second-order valence-electron chi connectivity index (χ2n) is 5.64. The topological polar surface area (TPSA) is 82.8 Å². The van der Waals surface area contributed by atoms with E-state index in [1.165, 1.54) is 10.6 Å². The number of carboxylic acids is 1. The van der Waals surface area contributed by atoms with E-state index in [9.17, 15) is 14.7 Å². The van der Waals surface area contributed by atoms with Crippen molar-refractivity contribution in [2.24, 2.45) is 0 Å². The van der Waals surface area contributed by atoms with Gasteiger partial charge in [-0.3, -0.25) is 4.79 Å². The number of carbonyl (C=O) groups is 2. The third-order valence-corrected chi connectivity index (χ3v) is 4.35.